The lowest BCUT2D eigenvalue weighted by Crippen LogP contribution is -2.48. The Morgan fingerprint density at radius 1 is 0.837 bits per heavy atom. The molecule has 10 nitrogen and oxygen atoms in total. The van der Waals surface area contributed by atoms with E-state index in [4.69, 9.17) is 5.11 Å². The van der Waals surface area contributed by atoms with Gasteiger partial charge in [-0.05, 0) is 51.2 Å². The molecule has 0 aliphatic carbocycles. The van der Waals surface area contributed by atoms with E-state index in [-0.39, 0.29) is 18.9 Å². The van der Waals surface area contributed by atoms with Crippen molar-refractivity contribution in [1.82, 2.24) is 14.7 Å². The van der Waals surface area contributed by atoms with Gasteiger partial charge in [0.15, 0.2) is 6.73 Å². The smallest absolute Gasteiger partial charge is 0.279 e. The van der Waals surface area contributed by atoms with E-state index in [0.717, 1.165) is 50.2 Å². The van der Waals surface area contributed by atoms with Gasteiger partial charge < -0.3 is 29.2 Å². The van der Waals surface area contributed by atoms with Crippen molar-refractivity contribution in [3.8, 4) is 0 Å². The summed E-state index contributed by atoms with van der Waals surface area (Å²) in [5.41, 5.74) is 2.65. The number of hydrogen-bond donors (Lipinski definition) is 3. The lowest BCUT2D eigenvalue weighted by Gasteiger charge is -2.30. The first-order chi connectivity index (χ1) is 19.9. The Labute approximate surface area is 263 Å². The first-order valence-corrected chi connectivity index (χ1v) is 15.9. The number of rotatable bonds is 12. The van der Waals surface area contributed by atoms with E-state index in [1.54, 1.807) is 0 Å². The van der Waals surface area contributed by atoms with Crippen LogP contribution in [0.15, 0.2) is 24.3 Å². The molecule has 3 N–H and O–H groups in total. The van der Waals surface area contributed by atoms with Crippen molar-refractivity contribution in [2.45, 2.75) is 38.9 Å². The first-order valence-electron chi connectivity index (χ1n) is 15.9. The van der Waals surface area contributed by atoms with Crippen molar-refractivity contribution in [2.24, 2.45) is 0 Å². The summed E-state index contributed by atoms with van der Waals surface area (Å²) in [6.07, 6.45) is 1.55. The summed E-state index contributed by atoms with van der Waals surface area (Å²) in [7, 11) is 20.4. The summed E-state index contributed by atoms with van der Waals surface area (Å²) >= 11 is 0. The number of hydrogen-bond acceptors (Lipinski definition) is 6. The van der Waals surface area contributed by atoms with Gasteiger partial charge in [-0.15, -0.1) is 0 Å². The fourth-order valence-electron chi connectivity index (χ4n) is 5.50. The van der Waals surface area contributed by atoms with E-state index < -0.39 is 0 Å². The Bertz CT molecular complexity index is 1020. The predicted octanol–water partition coefficient (Wildman–Crippen LogP) is 0.534. The van der Waals surface area contributed by atoms with Crippen LogP contribution in [0.4, 0.5) is 0 Å². The topological polar surface area (TPSA) is 76.4 Å². The molecule has 10 heteroatoms. The highest BCUT2D eigenvalue weighted by molar-refractivity contribution is 5.99. The summed E-state index contributed by atoms with van der Waals surface area (Å²) < 4.78 is 6.00. The second kappa shape index (κ2) is 18.0. The van der Waals surface area contributed by atoms with Gasteiger partial charge in [-0.1, -0.05) is 13.8 Å². The maximum Gasteiger partial charge on any atom is 0.279 e. The van der Waals surface area contributed by atoms with Gasteiger partial charge in [0.25, 0.3) is 11.7 Å². The Morgan fingerprint density at radius 3 is 1.74 bits per heavy atom. The van der Waals surface area contributed by atoms with E-state index in [1.165, 1.54) is 29.2 Å². The maximum atomic E-state index is 9.52. The normalized spacial score (nSPS) is 17.2. The third kappa shape index (κ3) is 14.0. The van der Waals surface area contributed by atoms with Gasteiger partial charge in [-0.25, -0.2) is 0 Å². The van der Waals surface area contributed by atoms with Crippen molar-refractivity contribution >= 4 is 11.7 Å². The Balaban J connectivity index is 0.000000373. The molecule has 0 saturated carbocycles. The zero-order chi connectivity index (χ0) is 33.0. The SMILES string of the molecule is CCC(O)C[N+](C)(C)C.CCCN1CC[N+](C)=C1c1ccc(C2=[N+](C)CCN2C)cc1.CN(C)CC(O)C[N+](C)(C)CO. The molecule has 0 radical (unpaired) electrons. The molecule has 0 fully saturated rings. The minimum Gasteiger partial charge on any atom is -0.387 e. The second-order valence-electron chi connectivity index (χ2n) is 14.2. The molecular weight excluding hydrogens is 542 g/mol. The molecule has 0 amide bonds. The fraction of sp³-hybridized carbons (Fsp3) is 0.758. The summed E-state index contributed by atoms with van der Waals surface area (Å²) in [4.78, 5) is 6.78. The monoisotopic (exact) mass is 610 g/mol. The quantitative estimate of drug-likeness (QED) is 0.183. The average molecular weight is 610 g/mol. The number of benzene rings is 1. The van der Waals surface area contributed by atoms with Crippen LogP contribution in [0.5, 0.6) is 0 Å². The maximum absolute atomic E-state index is 9.52. The fourth-order valence-corrected chi connectivity index (χ4v) is 5.50. The molecule has 2 atom stereocenters. The summed E-state index contributed by atoms with van der Waals surface area (Å²) in [5, 5.41) is 27.6. The second-order valence-corrected chi connectivity index (χ2v) is 14.2. The van der Waals surface area contributed by atoms with Gasteiger partial charge in [-0.3, -0.25) is 19.0 Å². The van der Waals surface area contributed by atoms with Gasteiger partial charge in [0, 0.05) is 6.54 Å². The number of quaternary nitrogens is 2. The molecule has 248 valence electrons. The molecule has 2 unspecified atom stereocenters. The summed E-state index contributed by atoms with van der Waals surface area (Å²) in [6, 6.07) is 9.10. The van der Waals surface area contributed by atoms with E-state index >= 15 is 0 Å². The highest BCUT2D eigenvalue weighted by atomic mass is 16.3. The van der Waals surface area contributed by atoms with E-state index in [2.05, 4.69) is 92.4 Å². The third-order valence-corrected chi connectivity index (χ3v) is 7.65. The molecule has 0 saturated heterocycles. The van der Waals surface area contributed by atoms with Crippen LogP contribution in [-0.2, 0) is 0 Å². The van der Waals surface area contributed by atoms with Crippen LogP contribution in [0.1, 0.15) is 37.8 Å². The number of amidine groups is 2. The molecule has 43 heavy (non-hydrogen) atoms. The zero-order valence-corrected chi connectivity index (χ0v) is 29.7. The lowest BCUT2D eigenvalue weighted by atomic mass is 10.1. The van der Waals surface area contributed by atoms with Gasteiger partial charge in [0.2, 0.25) is 0 Å². The van der Waals surface area contributed by atoms with Crippen LogP contribution in [0.2, 0.25) is 0 Å². The molecular formula is C33H67N7O3+4. The van der Waals surface area contributed by atoms with Gasteiger partial charge in [0.05, 0.1) is 74.1 Å². The highest BCUT2D eigenvalue weighted by Gasteiger charge is 2.30. The first kappa shape index (κ1) is 38.9. The minimum absolute atomic E-state index is 0.0600. The van der Waals surface area contributed by atoms with Crippen molar-refractivity contribution < 1.29 is 33.4 Å². The van der Waals surface area contributed by atoms with Crippen LogP contribution in [0.25, 0.3) is 0 Å². The molecule has 2 aliphatic rings. The average Bonchev–Trinajstić information content (AvgIpc) is 3.43. The molecule has 0 aromatic heterocycles. The van der Waals surface area contributed by atoms with E-state index in [9.17, 15) is 10.2 Å². The Morgan fingerprint density at radius 2 is 1.35 bits per heavy atom. The van der Waals surface area contributed by atoms with Gasteiger partial charge in [0.1, 0.15) is 51.5 Å². The third-order valence-electron chi connectivity index (χ3n) is 7.65. The number of aliphatic hydroxyl groups is 3. The van der Waals surface area contributed by atoms with E-state index in [1.807, 2.05) is 40.0 Å². The minimum atomic E-state index is -0.373. The molecule has 1 aromatic carbocycles. The highest BCUT2D eigenvalue weighted by Crippen LogP contribution is 2.15. The number of aliphatic hydroxyl groups excluding tert-OH is 3. The summed E-state index contributed by atoms with van der Waals surface area (Å²) in [5.74, 6) is 2.72. The van der Waals surface area contributed by atoms with Crippen molar-refractivity contribution in [2.75, 3.05) is 130 Å². The molecule has 1 aromatic rings. The van der Waals surface area contributed by atoms with Crippen LogP contribution < -0.4 is 0 Å². The van der Waals surface area contributed by atoms with Crippen molar-refractivity contribution in [3.05, 3.63) is 35.4 Å². The van der Waals surface area contributed by atoms with E-state index in [0.29, 0.717) is 17.6 Å². The van der Waals surface area contributed by atoms with Crippen LogP contribution in [0, 0.1) is 0 Å². The van der Waals surface area contributed by atoms with Crippen LogP contribution in [-0.4, -0.2) is 202 Å². The molecule has 3 rings (SSSR count). The molecule has 2 aliphatic heterocycles. The standard InChI is InChI=1S/C18H28N4.C8H21N2O2.C7H18NO/c1-5-10-22-14-13-21(4)18(22)16-8-6-15(7-9-16)17-19(2)11-12-20(17)3;1-9(2)5-8(12)6-10(3,4)7-11;1-5-7(9)6-8(2,3)4/h6-9H,5,10-14H2,1-4H3;8,11-12H,5-7H2,1-4H3;7,9H,5-6H2,1-4H3/q+2;2*+1. The predicted molar refractivity (Wildman–Crippen MR) is 179 cm³/mol. The van der Waals surface area contributed by atoms with Crippen LogP contribution >= 0.6 is 0 Å². The molecule has 0 bridgehead atoms. The number of likely N-dealkylation sites (N-methyl/N-ethyl adjacent to an activating group) is 6. The van der Waals surface area contributed by atoms with Gasteiger partial charge in [-0.2, -0.15) is 0 Å². The Hall–Kier alpha value is -2.08. The Kier molecular flexibility index (Phi) is 16.3. The van der Waals surface area contributed by atoms with Crippen molar-refractivity contribution in [1.29, 1.82) is 0 Å². The van der Waals surface area contributed by atoms with Crippen LogP contribution in [0.3, 0.4) is 0 Å². The van der Waals surface area contributed by atoms with Crippen molar-refractivity contribution in [3.63, 3.8) is 0 Å². The number of nitrogens with zero attached hydrogens (tertiary/aromatic N) is 7. The lowest BCUT2D eigenvalue weighted by molar-refractivity contribution is -0.911. The zero-order valence-electron chi connectivity index (χ0n) is 29.7. The molecule has 2 heterocycles. The largest absolute Gasteiger partial charge is 0.387 e. The van der Waals surface area contributed by atoms with Gasteiger partial charge >= 0.3 is 0 Å². The molecule has 0 spiro atoms. The summed E-state index contributed by atoms with van der Waals surface area (Å²) in [6.45, 7) is 12.0.